The van der Waals surface area contributed by atoms with Gasteiger partial charge in [0.05, 0.1) is 13.7 Å². The first-order valence-corrected chi connectivity index (χ1v) is 7.21. The number of rotatable bonds is 6. The summed E-state index contributed by atoms with van der Waals surface area (Å²) < 4.78 is 21.3. The number of fused-ring (bicyclic) bond motifs is 1. The Hall–Kier alpha value is -2.89. The van der Waals surface area contributed by atoms with E-state index in [4.69, 9.17) is 18.9 Å². The van der Waals surface area contributed by atoms with Crippen LogP contribution >= 0.6 is 0 Å². The maximum atomic E-state index is 12.1. The van der Waals surface area contributed by atoms with E-state index in [9.17, 15) is 4.79 Å². The molecule has 0 bridgehead atoms. The molecule has 0 fully saturated rings. The molecule has 0 saturated carbocycles. The first kappa shape index (κ1) is 15.0. The molecule has 0 saturated heterocycles. The summed E-state index contributed by atoms with van der Waals surface area (Å²) in [4.78, 5) is 12.1. The predicted molar refractivity (Wildman–Crippen MR) is 83.4 cm³/mol. The minimum absolute atomic E-state index is 0.188. The van der Waals surface area contributed by atoms with Crippen LogP contribution in [0.5, 0.6) is 23.0 Å². The van der Waals surface area contributed by atoms with Crippen molar-refractivity contribution in [3.05, 3.63) is 48.0 Å². The van der Waals surface area contributed by atoms with Crippen molar-refractivity contribution < 1.29 is 23.7 Å². The normalized spacial score (nSPS) is 11.9. The second-order valence-electron chi connectivity index (χ2n) is 4.82. The van der Waals surface area contributed by atoms with Crippen molar-refractivity contribution >= 4 is 5.91 Å². The SMILES string of the molecule is COc1ccccc1OCCNC(=O)c1ccc2c(c1)OCO2. The van der Waals surface area contributed by atoms with Gasteiger partial charge < -0.3 is 24.3 Å². The zero-order valence-electron chi connectivity index (χ0n) is 12.7. The zero-order valence-corrected chi connectivity index (χ0v) is 12.7. The average Bonchev–Trinajstić information content (AvgIpc) is 3.06. The van der Waals surface area contributed by atoms with Crippen LogP contribution in [0, 0.1) is 0 Å². The fraction of sp³-hybridized carbons (Fsp3) is 0.235. The van der Waals surface area contributed by atoms with Crippen LogP contribution in [0.4, 0.5) is 0 Å². The number of hydrogen-bond donors (Lipinski definition) is 1. The van der Waals surface area contributed by atoms with E-state index >= 15 is 0 Å². The van der Waals surface area contributed by atoms with Crippen LogP contribution in [0.15, 0.2) is 42.5 Å². The van der Waals surface area contributed by atoms with Gasteiger partial charge in [-0.15, -0.1) is 0 Å². The number of carbonyl (C=O) groups is 1. The van der Waals surface area contributed by atoms with Gasteiger partial charge in [-0.3, -0.25) is 4.79 Å². The summed E-state index contributed by atoms with van der Waals surface area (Å²) in [6.07, 6.45) is 0. The molecule has 23 heavy (non-hydrogen) atoms. The van der Waals surface area contributed by atoms with E-state index in [1.165, 1.54) is 0 Å². The molecule has 6 nitrogen and oxygen atoms in total. The maximum absolute atomic E-state index is 12.1. The topological polar surface area (TPSA) is 66.0 Å². The Labute approximate surface area is 133 Å². The third-order valence-corrected chi connectivity index (χ3v) is 3.35. The molecule has 1 N–H and O–H groups in total. The highest BCUT2D eigenvalue weighted by atomic mass is 16.7. The molecule has 1 heterocycles. The van der Waals surface area contributed by atoms with Crippen molar-refractivity contribution in [2.75, 3.05) is 27.1 Å². The van der Waals surface area contributed by atoms with Crippen molar-refractivity contribution in [2.45, 2.75) is 0 Å². The second kappa shape index (κ2) is 6.91. The number of nitrogens with one attached hydrogen (secondary N) is 1. The monoisotopic (exact) mass is 315 g/mol. The number of amides is 1. The van der Waals surface area contributed by atoms with E-state index < -0.39 is 0 Å². The van der Waals surface area contributed by atoms with Gasteiger partial charge in [0, 0.05) is 5.56 Å². The first-order valence-electron chi connectivity index (χ1n) is 7.21. The molecule has 0 aromatic heterocycles. The Balaban J connectivity index is 1.50. The maximum Gasteiger partial charge on any atom is 0.251 e. The summed E-state index contributed by atoms with van der Waals surface area (Å²) in [5.74, 6) is 2.36. The molecule has 3 rings (SSSR count). The minimum Gasteiger partial charge on any atom is -0.493 e. The number of carbonyl (C=O) groups excluding carboxylic acids is 1. The van der Waals surface area contributed by atoms with Crippen molar-refractivity contribution in [1.29, 1.82) is 0 Å². The van der Waals surface area contributed by atoms with Gasteiger partial charge in [-0.05, 0) is 30.3 Å². The number of methoxy groups -OCH3 is 1. The van der Waals surface area contributed by atoms with Crippen LogP contribution in [-0.2, 0) is 0 Å². The number of benzene rings is 2. The lowest BCUT2D eigenvalue weighted by Gasteiger charge is -2.11. The van der Waals surface area contributed by atoms with E-state index in [0.717, 1.165) is 0 Å². The summed E-state index contributed by atoms with van der Waals surface area (Å²) in [5.41, 5.74) is 0.520. The summed E-state index contributed by atoms with van der Waals surface area (Å²) in [5, 5.41) is 2.80. The van der Waals surface area contributed by atoms with Crippen molar-refractivity contribution in [3.63, 3.8) is 0 Å². The lowest BCUT2D eigenvalue weighted by atomic mass is 10.2. The summed E-state index contributed by atoms with van der Waals surface area (Å²) in [6, 6.07) is 12.5. The van der Waals surface area contributed by atoms with Gasteiger partial charge >= 0.3 is 0 Å². The summed E-state index contributed by atoms with van der Waals surface area (Å²) >= 11 is 0. The van der Waals surface area contributed by atoms with Crippen LogP contribution in [0.3, 0.4) is 0 Å². The van der Waals surface area contributed by atoms with Crippen LogP contribution in [-0.4, -0.2) is 33.0 Å². The molecule has 1 amide bonds. The van der Waals surface area contributed by atoms with Gasteiger partial charge in [0.25, 0.3) is 5.91 Å². The number of ether oxygens (including phenoxy) is 4. The van der Waals surface area contributed by atoms with E-state index in [1.54, 1.807) is 25.3 Å². The fourth-order valence-corrected chi connectivity index (χ4v) is 2.20. The van der Waals surface area contributed by atoms with Gasteiger partial charge in [0.15, 0.2) is 23.0 Å². The highest BCUT2D eigenvalue weighted by Gasteiger charge is 2.15. The van der Waals surface area contributed by atoms with Gasteiger partial charge in [0.1, 0.15) is 6.61 Å². The standard InChI is InChI=1S/C17H17NO5/c1-20-13-4-2-3-5-14(13)21-9-8-18-17(19)12-6-7-15-16(10-12)23-11-22-15/h2-7,10H,8-9,11H2,1H3,(H,18,19). The molecule has 2 aromatic rings. The Bertz CT molecular complexity index is 701. The molecule has 0 unspecified atom stereocenters. The van der Waals surface area contributed by atoms with Crippen molar-refractivity contribution in [2.24, 2.45) is 0 Å². The largest absolute Gasteiger partial charge is 0.493 e. The van der Waals surface area contributed by atoms with Crippen LogP contribution < -0.4 is 24.3 Å². The van der Waals surface area contributed by atoms with E-state index in [1.807, 2.05) is 24.3 Å². The molecule has 1 aliphatic heterocycles. The van der Waals surface area contributed by atoms with Gasteiger partial charge in [-0.2, -0.15) is 0 Å². The molecule has 0 atom stereocenters. The second-order valence-corrected chi connectivity index (χ2v) is 4.82. The van der Waals surface area contributed by atoms with Crippen LogP contribution in [0.1, 0.15) is 10.4 Å². The predicted octanol–water partition coefficient (Wildman–Crippen LogP) is 2.23. The number of hydrogen-bond acceptors (Lipinski definition) is 5. The quantitative estimate of drug-likeness (QED) is 0.828. The van der Waals surface area contributed by atoms with Gasteiger partial charge in [-0.1, -0.05) is 12.1 Å². The number of para-hydroxylation sites is 2. The Morgan fingerprint density at radius 1 is 1.13 bits per heavy atom. The zero-order chi connectivity index (χ0) is 16.1. The fourth-order valence-electron chi connectivity index (χ4n) is 2.20. The Kier molecular flexibility index (Phi) is 4.52. The third-order valence-electron chi connectivity index (χ3n) is 3.35. The average molecular weight is 315 g/mol. The summed E-state index contributed by atoms with van der Waals surface area (Å²) in [7, 11) is 1.59. The van der Waals surface area contributed by atoms with Crippen LogP contribution in [0.25, 0.3) is 0 Å². The molecule has 0 aliphatic carbocycles. The molecule has 2 aromatic carbocycles. The van der Waals surface area contributed by atoms with E-state index in [2.05, 4.69) is 5.32 Å². The van der Waals surface area contributed by atoms with E-state index in [-0.39, 0.29) is 12.7 Å². The molecular weight excluding hydrogens is 298 g/mol. The third kappa shape index (κ3) is 3.48. The first-order chi connectivity index (χ1) is 11.3. The van der Waals surface area contributed by atoms with Crippen LogP contribution in [0.2, 0.25) is 0 Å². The Morgan fingerprint density at radius 3 is 2.74 bits per heavy atom. The lowest BCUT2D eigenvalue weighted by Crippen LogP contribution is -2.28. The summed E-state index contributed by atoms with van der Waals surface area (Å²) in [6.45, 7) is 0.912. The Morgan fingerprint density at radius 2 is 1.91 bits per heavy atom. The van der Waals surface area contributed by atoms with E-state index in [0.29, 0.717) is 41.7 Å². The van der Waals surface area contributed by atoms with Crippen molar-refractivity contribution in [3.8, 4) is 23.0 Å². The van der Waals surface area contributed by atoms with Gasteiger partial charge in [0.2, 0.25) is 6.79 Å². The molecule has 1 aliphatic rings. The molecular formula is C17H17NO5. The highest BCUT2D eigenvalue weighted by molar-refractivity contribution is 5.94. The minimum atomic E-state index is -0.188. The highest BCUT2D eigenvalue weighted by Crippen LogP contribution is 2.32. The van der Waals surface area contributed by atoms with Gasteiger partial charge in [-0.25, -0.2) is 0 Å². The molecule has 0 radical (unpaired) electrons. The molecule has 0 spiro atoms. The molecule has 120 valence electrons. The van der Waals surface area contributed by atoms with Crippen molar-refractivity contribution in [1.82, 2.24) is 5.32 Å². The molecule has 6 heteroatoms. The smallest absolute Gasteiger partial charge is 0.251 e. The lowest BCUT2D eigenvalue weighted by molar-refractivity contribution is 0.0946.